The van der Waals surface area contributed by atoms with Crippen LogP contribution in [-0.4, -0.2) is 23.9 Å². The summed E-state index contributed by atoms with van der Waals surface area (Å²) in [4.78, 5) is 13.8. The van der Waals surface area contributed by atoms with Crippen LogP contribution in [0.3, 0.4) is 0 Å². The first-order chi connectivity index (χ1) is 7.63. The maximum atomic E-state index is 11.7. The van der Waals surface area contributed by atoms with E-state index in [0.29, 0.717) is 11.8 Å². The Bertz CT molecular complexity index is 181. The van der Waals surface area contributed by atoms with Gasteiger partial charge in [0.2, 0.25) is 5.91 Å². The Hall–Kier alpha value is -0.530. The first-order valence-electron chi connectivity index (χ1n) is 6.91. The molecule has 0 N–H and O–H groups in total. The molecule has 16 heavy (non-hydrogen) atoms. The van der Waals surface area contributed by atoms with E-state index in [4.69, 9.17) is 0 Å². The highest BCUT2D eigenvalue weighted by Gasteiger charge is 2.21. The van der Waals surface area contributed by atoms with E-state index in [9.17, 15) is 4.79 Å². The standard InChI is InChI=1S/C12H23NO.C2H6/c1-4-11-5-7-13(8-6-11)12(14)9-10(2)3;1-2/h10-11H,4-9H2,1-3H3;1-2H3. The number of likely N-dealkylation sites (tertiary alicyclic amines) is 1. The topological polar surface area (TPSA) is 20.3 Å². The largest absolute Gasteiger partial charge is 0.343 e. The molecule has 1 heterocycles. The number of carbonyl (C=O) groups excluding carboxylic acids is 1. The van der Waals surface area contributed by atoms with Gasteiger partial charge in [0.25, 0.3) is 0 Å². The summed E-state index contributed by atoms with van der Waals surface area (Å²) in [7, 11) is 0. The molecule has 0 spiro atoms. The second-order valence-electron chi connectivity index (χ2n) is 4.83. The normalized spacial score (nSPS) is 17.0. The monoisotopic (exact) mass is 227 g/mol. The fraction of sp³-hybridized carbons (Fsp3) is 0.929. The lowest BCUT2D eigenvalue weighted by atomic mass is 9.94. The summed E-state index contributed by atoms with van der Waals surface area (Å²) in [5.74, 6) is 1.71. The van der Waals surface area contributed by atoms with Gasteiger partial charge in [0, 0.05) is 19.5 Å². The van der Waals surface area contributed by atoms with E-state index in [1.165, 1.54) is 19.3 Å². The van der Waals surface area contributed by atoms with Crippen molar-refractivity contribution in [1.29, 1.82) is 0 Å². The molecule has 0 radical (unpaired) electrons. The molecule has 1 saturated heterocycles. The van der Waals surface area contributed by atoms with Crippen molar-refractivity contribution in [1.82, 2.24) is 4.90 Å². The van der Waals surface area contributed by atoms with Crippen LogP contribution in [-0.2, 0) is 4.79 Å². The van der Waals surface area contributed by atoms with E-state index >= 15 is 0 Å². The van der Waals surface area contributed by atoms with Crippen LogP contribution in [0.4, 0.5) is 0 Å². The summed E-state index contributed by atoms with van der Waals surface area (Å²) in [5, 5.41) is 0. The van der Waals surface area contributed by atoms with Crippen LogP contribution in [0, 0.1) is 11.8 Å². The summed E-state index contributed by atoms with van der Waals surface area (Å²) < 4.78 is 0. The Balaban J connectivity index is 0.00000106. The minimum atomic E-state index is 0.356. The fourth-order valence-corrected chi connectivity index (χ4v) is 2.07. The summed E-state index contributed by atoms with van der Waals surface area (Å²) in [5.41, 5.74) is 0. The van der Waals surface area contributed by atoms with Gasteiger partial charge in [-0.25, -0.2) is 0 Å². The Morgan fingerprint density at radius 3 is 2.12 bits per heavy atom. The molecule has 0 bridgehead atoms. The van der Waals surface area contributed by atoms with Crippen molar-refractivity contribution in [3.63, 3.8) is 0 Å². The molecule has 0 aromatic heterocycles. The number of rotatable bonds is 3. The van der Waals surface area contributed by atoms with Gasteiger partial charge in [-0.3, -0.25) is 4.79 Å². The third-order valence-corrected chi connectivity index (χ3v) is 3.13. The summed E-state index contributed by atoms with van der Waals surface area (Å²) in [6.07, 6.45) is 4.41. The minimum absolute atomic E-state index is 0.356. The zero-order valence-corrected chi connectivity index (χ0v) is 11.8. The lowest BCUT2D eigenvalue weighted by Crippen LogP contribution is -2.38. The van der Waals surface area contributed by atoms with Crippen molar-refractivity contribution < 1.29 is 4.79 Å². The summed E-state index contributed by atoms with van der Waals surface area (Å²) >= 11 is 0. The van der Waals surface area contributed by atoms with Crippen LogP contribution in [0.25, 0.3) is 0 Å². The van der Waals surface area contributed by atoms with Gasteiger partial charge in [-0.05, 0) is 24.7 Å². The molecule has 1 rings (SSSR count). The zero-order valence-electron chi connectivity index (χ0n) is 11.8. The first-order valence-corrected chi connectivity index (χ1v) is 6.91. The van der Waals surface area contributed by atoms with Crippen molar-refractivity contribution in [3.05, 3.63) is 0 Å². The average molecular weight is 227 g/mol. The number of hydrogen-bond donors (Lipinski definition) is 0. The molecule has 0 atom stereocenters. The number of carbonyl (C=O) groups is 1. The Morgan fingerprint density at radius 1 is 1.25 bits per heavy atom. The van der Waals surface area contributed by atoms with Crippen molar-refractivity contribution in [2.75, 3.05) is 13.1 Å². The maximum Gasteiger partial charge on any atom is 0.222 e. The highest BCUT2D eigenvalue weighted by atomic mass is 16.2. The highest BCUT2D eigenvalue weighted by molar-refractivity contribution is 5.76. The quantitative estimate of drug-likeness (QED) is 0.720. The van der Waals surface area contributed by atoms with Crippen LogP contribution in [0.2, 0.25) is 0 Å². The number of nitrogens with zero attached hydrogens (tertiary/aromatic N) is 1. The van der Waals surface area contributed by atoms with Crippen LogP contribution >= 0.6 is 0 Å². The van der Waals surface area contributed by atoms with Gasteiger partial charge in [-0.2, -0.15) is 0 Å². The maximum absolute atomic E-state index is 11.7. The van der Waals surface area contributed by atoms with Gasteiger partial charge in [0.15, 0.2) is 0 Å². The Morgan fingerprint density at radius 2 is 1.75 bits per heavy atom. The molecule has 0 aliphatic carbocycles. The van der Waals surface area contributed by atoms with E-state index in [1.54, 1.807) is 0 Å². The van der Waals surface area contributed by atoms with E-state index < -0.39 is 0 Å². The van der Waals surface area contributed by atoms with Gasteiger partial charge in [0.05, 0.1) is 0 Å². The van der Waals surface area contributed by atoms with E-state index in [-0.39, 0.29) is 0 Å². The van der Waals surface area contributed by atoms with Crippen LogP contribution in [0.15, 0.2) is 0 Å². The third-order valence-electron chi connectivity index (χ3n) is 3.13. The summed E-state index contributed by atoms with van der Waals surface area (Å²) in [6.45, 7) is 12.4. The molecule has 2 heteroatoms. The molecule has 2 nitrogen and oxygen atoms in total. The Labute approximate surface area is 101 Å². The van der Waals surface area contributed by atoms with Crippen molar-refractivity contribution >= 4 is 5.91 Å². The second-order valence-corrected chi connectivity index (χ2v) is 4.83. The molecule has 0 aromatic carbocycles. The average Bonchev–Trinajstić information content (AvgIpc) is 2.31. The molecule has 1 aliphatic heterocycles. The van der Waals surface area contributed by atoms with E-state index in [1.807, 2.05) is 18.7 Å². The van der Waals surface area contributed by atoms with Gasteiger partial charge in [-0.1, -0.05) is 41.0 Å². The van der Waals surface area contributed by atoms with Crippen molar-refractivity contribution in [3.8, 4) is 0 Å². The molecule has 1 fully saturated rings. The Kier molecular flexibility index (Phi) is 8.32. The SMILES string of the molecule is CC.CCC1CCN(C(=O)CC(C)C)CC1. The van der Waals surface area contributed by atoms with Crippen LogP contribution < -0.4 is 0 Å². The predicted octanol–water partition coefficient (Wildman–Crippen LogP) is 3.71. The highest BCUT2D eigenvalue weighted by Crippen LogP contribution is 2.20. The smallest absolute Gasteiger partial charge is 0.222 e. The first kappa shape index (κ1) is 15.5. The molecule has 1 amide bonds. The van der Waals surface area contributed by atoms with Gasteiger partial charge >= 0.3 is 0 Å². The van der Waals surface area contributed by atoms with Crippen molar-refractivity contribution in [2.45, 2.75) is 60.3 Å². The summed E-state index contributed by atoms with van der Waals surface area (Å²) in [6, 6.07) is 0. The van der Waals surface area contributed by atoms with E-state index in [2.05, 4.69) is 20.8 Å². The number of hydrogen-bond acceptors (Lipinski definition) is 1. The lowest BCUT2D eigenvalue weighted by Gasteiger charge is -2.32. The van der Waals surface area contributed by atoms with E-state index in [0.717, 1.165) is 25.4 Å². The number of amides is 1. The second kappa shape index (κ2) is 8.60. The fourth-order valence-electron chi connectivity index (χ4n) is 2.07. The lowest BCUT2D eigenvalue weighted by molar-refractivity contribution is -0.133. The zero-order chi connectivity index (χ0) is 12.6. The van der Waals surface area contributed by atoms with Gasteiger partial charge in [-0.15, -0.1) is 0 Å². The van der Waals surface area contributed by atoms with Gasteiger partial charge in [0.1, 0.15) is 0 Å². The third kappa shape index (κ3) is 5.53. The number of piperidine rings is 1. The predicted molar refractivity (Wildman–Crippen MR) is 70.4 cm³/mol. The minimum Gasteiger partial charge on any atom is -0.343 e. The van der Waals surface area contributed by atoms with Crippen LogP contribution in [0.5, 0.6) is 0 Å². The molecule has 96 valence electrons. The van der Waals surface area contributed by atoms with Crippen molar-refractivity contribution in [2.24, 2.45) is 11.8 Å². The molecule has 0 unspecified atom stereocenters. The molecular weight excluding hydrogens is 198 g/mol. The molecular formula is C14H29NO. The van der Waals surface area contributed by atoms with Gasteiger partial charge < -0.3 is 4.90 Å². The molecule has 1 aliphatic rings. The van der Waals surface area contributed by atoms with Crippen LogP contribution in [0.1, 0.15) is 60.3 Å². The molecule has 0 saturated carbocycles. The molecule has 0 aromatic rings.